The first-order valence-electron chi connectivity index (χ1n) is 13.2. The fourth-order valence-corrected chi connectivity index (χ4v) is 5.58. The van der Waals surface area contributed by atoms with Crippen molar-refractivity contribution in [1.29, 1.82) is 0 Å². The summed E-state index contributed by atoms with van der Waals surface area (Å²) in [6.07, 6.45) is 1.89. The molecule has 202 valence electrons. The summed E-state index contributed by atoms with van der Waals surface area (Å²) in [6.45, 7) is 4.41. The average Bonchev–Trinajstić information content (AvgIpc) is 3.49. The molecular formula is C31H30F3N3OS. The van der Waals surface area contributed by atoms with E-state index in [2.05, 4.69) is 59.0 Å². The lowest BCUT2D eigenvalue weighted by atomic mass is 9.92. The second-order valence-corrected chi connectivity index (χ2v) is 10.5. The predicted octanol–water partition coefficient (Wildman–Crippen LogP) is 8.06. The van der Waals surface area contributed by atoms with Crippen LogP contribution in [0.1, 0.15) is 54.9 Å². The highest BCUT2D eigenvalue weighted by Crippen LogP contribution is 2.50. The molecule has 39 heavy (non-hydrogen) atoms. The van der Waals surface area contributed by atoms with Gasteiger partial charge in [0.2, 0.25) is 0 Å². The van der Waals surface area contributed by atoms with E-state index in [0.29, 0.717) is 23.3 Å². The van der Waals surface area contributed by atoms with Gasteiger partial charge in [0.15, 0.2) is 5.82 Å². The molecule has 0 saturated heterocycles. The quantitative estimate of drug-likeness (QED) is 0.188. The molecule has 5 rings (SSSR count). The molecule has 1 fully saturated rings. The number of rotatable bonds is 10. The number of halogens is 3. The maximum absolute atomic E-state index is 12.4. The number of aryl methyl sites for hydroxylation is 2. The van der Waals surface area contributed by atoms with Crippen molar-refractivity contribution in [3.8, 4) is 22.8 Å². The highest BCUT2D eigenvalue weighted by atomic mass is 32.1. The van der Waals surface area contributed by atoms with Crippen molar-refractivity contribution in [3.63, 3.8) is 0 Å². The fourth-order valence-electron chi connectivity index (χ4n) is 5.22. The molecule has 0 N–H and O–H groups in total. The van der Waals surface area contributed by atoms with Crippen LogP contribution in [-0.2, 0) is 19.3 Å². The first kappa shape index (κ1) is 27.1. The Bertz CT molecular complexity index is 1420. The van der Waals surface area contributed by atoms with Crippen molar-refractivity contribution in [3.05, 3.63) is 95.3 Å². The molecule has 0 amide bonds. The highest BCUT2D eigenvalue weighted by molar-refractivity contribution is 7.80. The summed E-state index contributed by atoms with van der Waals surface area (Å²) in [4.78, 5) is 5.52. The molecule has 2 unspecified atom stereocenters. The normalized spacial score (nSPS) is 16.7. The summed E-state index contributed by atoms with van der Waals surface area (Å²) in [5, 5.41) is 4.49. The van der Waals surface area contributed by atoms with Gasteiger partial charge in [-0.1, -0.05) is 68.5 Å². The van der Waals surface area contributed by atoms with E-state index in [1.165, 1.54) is 51.2 Å². The second-order valence-electron chi connectivity index (χ2n) is 9.96. The molecule has 0 radical (unpaired) electrons. The van der Waals surface area contributed by atoms with Crippen molar-refractivity contribution < 1.29 is 17.9 Å². The monoisotopic (exact) mass is 549 g/mol. The lowest BCUT2D eigenvalue weighted by molar-refractivity contribution is -0.274. The lowest BCUT2D eigenvalue weighted by Gasteiger charge is -2.14. The van der Waals surface area contributed by atoms with E-state index < -0.39 is 6.36 Å². The molecule has 8 heteroatoms. The third kappa shape index (κ3) is 6.56. The fraction of sp³-hybridized carbons (Fsp3) is 0.323. The summed E-state index contributed by atoms with van der Waals surface area (Å²) >= 11 is 5.85. The Labute approximate surface area is 231 Å². The van der Waals surface area contributed by atoms with Crippen LogP contribution in [0.2, 0.25) is 0 Å². The minimum atomic E-state index is -4.72. The topological polar surface area (TPSA) is 39.9 Å². The van der Waals surface area contributed by atoms with Crippen LogP contribution in [0, 0.1) is 5.92 Å². The first-order valence-corrected chi connectivity index (χ1v) is 13.6. The van der Waals surface area contributed by atoms with E-state index in [1.54, 1.807) is 6.33 Å². The Morgan fingerprint density at radius 3 is 2.26 bits per heavy atom. The molecule has 0 bridgehead atoms. The number of hydrogen-bond acceptors (Lipinski definition) is 4. The highest BCUT2D eigenvalue weighted by Gasteiger charge is 2.38. The Hall–Kier alpha value is -3.52. The average molecular weight is 550 g/mol. The molecule has 1 saturated carbocycles. The summed E-state index contributed by atoms with van der Waals surface area (Å²) in [6, 6.07) is 20.4. The summed E-state index contributed by atoms with van der Waals surface area (Å²) in [7, 11) is 0. The van der Waals surface area contributed by atoms with Gasteiger partial charge in [-0.3, -0.25) is 0 Å². The van der Waals surface area contributed by atoms with Crippen LogP contribution in [0.3, 0.4) is 0 Å². The predicted molar refractivity (Wildman–Crippen MR) is 150 cm³/mol. The largest absolute Gasteiger partial charge is 0.573 e. The maximum atomic E-state index is 12.4. The van der Waals surface area contributed by atoms with E-state index in [9.17, 15) is 13.2 Å². The molecule has 0 spiro atoms. The summed E-state index contributed by atoms with van der Waals surface area (Å²) in [5.41, 5.74) is 7.00. The second kappa shape index (κ2) is 11.3. The van der Waals surface area contributed by atoms with Gasteiger partial charge in [-0.05, 0) is 88.9 Å². The van der Waals surface area contributed by atoms with Gasteiger partial charge in [0, 0.05) is 12.0 Å². The third-order valence-electron chi connectivity index (χ3n) is 7.34. The lowest BCUT2D eigenvalue weighted by Crippen LogP contribution is -2.17. The number of hydrogen-bond donors (Lipinski definition) is 0. The van der Waals surface area contributed by atoms with Gasteiger partial charge in [-0.15, -0.1) is 18.3 Å². The van der Waals surface area contributed by atoms with Crippen LogP contribution < -0.4 is 4.74 Å². The first-order chi connectivity index (χ1) is 18.7. The molecule has 4 nitrogen and oxygen atoms in total. The molecule has 3 aromatic carbocycles. The van der Waals surface area contributed by atoms with Gasteiger partial charge in [0.05, 0.1) is 5.69 Å². The zero-order valence-corrected chi connectivity index (χ0v) is 22.7. The molecular weight excluding hydrogens is 519 g/mol. The third-order valence-corrected chi connectivity index (χ3v) is 7.65. The molecule has 1 aliphatic rings. The number of nitrogens with zero attached hydrogens (tertiary/aromatic N) is 3. The SMILES string of the molecule is CCc1cccc(CC)c1CC(=S)CC1CC1c1ccc(-c2ncn(-c3ccc(OC(F)(F)F)cc3)n2)cc1. The smallest absolute Gasteiger partial charge is 0.406 e. The van der Waals surface area contributed by atoms with Crippen molar-refractivity contribution in [2.45, 2.75) is 58.2 Å². The van der Waals surface area contributed by atoms with Gasteiger partial charge in [-0.2, -0.15) is 0 Å². The number of aromatic nitrogens is 3. The zero-order valence-electron chi connectivity index (χ0n) is 21.9. The maximum Gasteiger partial charge on any atom is 0.573 e. The number of thiocarbonyl (C=S) groups is 1. The zero-order chi connectivity index (χ0) is 27.6. The van der Waals surface area contributed by atoms with Crippen LogP contribution in [-0.4, -0.2) is 26.0 Å². The van der Waals surface area contributed by atoms with Gasteiger partial charge in [-0.25, -0.2) is 9.67 Å². The number of ether oxygens (including phenoxy) is 1. The molecule has 0 aliphatic heterocycles. The van der Waals surface area contributed by atoms with E-state index in [4.69, 9.17) is 12.2 Å². The Morgan fingerprint density at radius 2 is 1.64 bits per heavy atom. The minimum Gasteiger partial charge on any atom is -0.406 e. The number of alkyl halides is 3. The molecule has 2 atom stereocenters. The van der Waals surface area contributed by atoms with E-state index in [-0.39, 0.29) is 5.75 Å². The summed E-state index contributed by atoms with van der Waals surface area (Å²) in [5.74, 6) is 1.38. The van der Waals surface area contributed by atoms with Gasteiger partial charge in [0.25, 0.3) is 0 Å². The Kier molecular flexibility index (Phi) is 7.84. The Morgan fingerprint density at radius 1 is 0.974 bits per heavy atom. The van der Waals surface area contributed by atoms with Crippen molar-refractivity contribution >= 4 is 17.1 Å². The minimum absolute atomic E-state index is 0.280. The van der Waals surface area contributed by atoms with Gasteiger partial charge >= 0.3 is 6.36 Å². The van der Waals surface area contributed by atoms with Gasteiger partial charge in [0.1, 0.15) is 12.1 Å². The van der Waals surface area contributed by atoms with Crippen LogP contribution in [0.4, 0.5) is 13.2 Å². The van der Waals surface area contributed by atoms with Crippen LogP contribution in [0.25, 0.3) is 17.1 Å². The van der Waals surface area contributed by atoms with Gasteiger partial charge < -0.3 is 4.74 Å². The van der Waals surface area contributed by atoms with Crippen LogP contribution in [0.5, 0.6) is 5.75 Å². The van der Waals surface area contributed by atoms with E-state index in [1.807, 2.05) is 12.1 Å². The molecule has 4 aromatic rings. The standard InChI is InChI=1S/C31H30F3N3OS/c1-3-20-6-5-7-21(4-2)29(20)18-27(39)16-24-17-28(24)22-8-10-23(11-9-22)30-35-19-37(36-30)25-12-14-26(15-13-25)38-31(32,33)34/h5-15,19,24,28H,3-4,16-18H2,1-2H3. The number of benzene rings is 3. The van der Waals surface area contributed by atoms with Crippen molar-refractivity contribution in [1.82, 2.24) is 14.8 Å². The molecule has 1 heterocycles. The van der Waals surface area contributed by atoms with Crippen molar-refractivity contribution in [2.24, 2.45) is 5.92 Å². The van der Waals surface area contributed by atoms with Crippen LogP contribution >= 0.6 is 12.2 Å². The van der Waals surface area contributed by atoms with E-state index in [0.717, 1.165) is 42.5 Å². The van der Waals surface area contributed by atoms with Crippen LogP contribution in [0.15, 0.2) is 73.1 Å². The van der Waals surface area contributed by atoms with Crippen molar-refractivity contribution in [2.75, 3.05) is 0 Å². The molecule has 1 aliphatic carbocycles. The molecule has 1 aromatic heterocycles. The summed E-state index contributed by atoms with van der Waals surface area (Å²) < 4.78 is 42.6. The van der Waals surface area contributed by atoms with E-state index >= 15 is 0 Å². The Balaban J connectivity index is 1.19.